The number of hydrogen-bond acceptors (Lipinski definition) is 10. The first-order chi connectivity index (χ1) is 20.2. The largest absolute Gasteiger partial charge is 0.545 e. The van der Waals surface area contributed by atoms with Crippen molar-refractivity contribution < 1.29 is 29.0 Å². The number of carboxylic acids is 1. The lowest BCUT2D eigenvalue weighted by Crippen LogP contribution is -2.55. The lowest BCUT2D eigenvalue weighted by molar-refractivity contribution is -0.254. The van der Waals surface area contributed by atoms with Crippen LogP contribution in [0, 0.1) is 0 Å². The predicted octanol–water partition coefficient (Wildman–Crippen LogP) is 0.724. The number of carbonyl (C=O) groups excluding carboxylic acids is 3. The summed E-state index contributed by atoms with van der Waals surface area (Å²) in [6.07, 6.45) is 0.728. The number of nitrogens with zero attached hydrogens (tertiary/aromatic N) is 2. The van der Waals surface area contributed by atoms with E-state index in [9.17, 15) is 19.5 Å². The van der Waals surface area contributed by atoms with E-state index >= 15 is 0 Å². The fourth-order valence-corrected chi connectivity index (χ4v) is 5.77. The molecular formula is C29H38ClN6O6-. The molecule has 2 aliphatic heterocycles. The van der Waals surface area contributed by atoms with E-state index in [0.29, 0.717) is 61.8 Å². The molecule has 0 saturated carbocycles. The third-order valence-electron chi connectivity index (χ3n) is 7.76. The van der Waals surface area contributed by atoms with Crippen LogP contribution in [0.4, 0.5) is 17.1 Å². The van der Waals surface area contributed by atoms with E-state index in [1.165, 1.54) is 25.3 Å². The van der Waals surface area contributed by atoms with Crippen molar-refractivity contribution in [3.8, 4) is 5.75 Å². The van der Waals surface area contributed by atoms with Gasteiger partial charge in [-0.25, -0.2) is 0 Å². The quantitative estimate of drug-likeness (QED) is 0.286. The van der Waals surface area contributed by atoms with Gasteiger partial charge in [0, 0.05) is 63.7 Å². The van der Waals surface area contributed by atoms with Crippen LogP contribution in [0.25, 0.3) is 0 Å². The van der Waals surface area contributed by atoms with Crippen molar-refractivity contribution in [3.63, 3.8) is 0 Å². The monoisotopic (exact) mass is 601 g/mol. The second-order valence-electron chi connectivity index (χ2n) is 10.4. The van der Waals surface area contributed by atoms with Crippen LogP contribution in [-0.4, -0.2) is 94.9 Å². The van der Waals surface area contributed by atoms with Crippen LogP contribution in [0.1, 0.15) is 39.6 Å². The predicted molar refractivity (Wildman–Crippen MR) is 159 cm³/mol. The molecule has 0 aliphatic carbocycles. The summed E-state index contributed by atoms with van der Waals surface area (Å²) in [5.74, 6) is -1.51. The highest BCUT2D eigenvalue weighted by Crippen LogP contribution is 2.33. The number of hydrogen-bond donors (Lipinski definition) is 4. The molecule has 2 atom stereocenters. The van der Waals surface area contributed by atoms with E-state index in [0.717, 1.165) is 18.7 Å². The maximum absolute atomic E-state index is 13.2. The number of halogens is 1. The second kappa shape index (κ2) is 14.1. The minimum atomic E-state index is -1.24. The van der Waals surface area contributed by atoms with Crippen molar-refractivity contribution in [1.82, 2.24) is 15.5 Å². The highest BCUT2D eigenvalue weighted by atomic mass is 35.5. The standard InChI is InChI=1S/C29H39ClN6O6/c1-4-17-22(6-5-18(29(39)40)27(17)36-11-8-32-9-12-36)33-26(37)16-35-10-7-23(25(15-35)42-3)34-28(38)19-13-20(30)21(31)14-24(19)41-2/h5-6,13-14,23,25,32H,4,7-12,15-16,31H2,1-3H3,(H,33,37)(H,34,38)(H,39,40)/p-1/t23-,25+/m1/s1. The second-order valence-corrected chi connectivity index (χ2v) is 10.8. The van der Waals surface area contributed by atoms with E-state index < -0.39 is 5.97 Å². The Labute approximate surface area is 250 Å². The number of piperidine rings is 1. The molecule has 4 rings (SSSR count). The number of carboxylic acid groups (broad SMARTS) is 1. The van der Waals surface area contributed by atoms with Gasteiger partial charge in [-0.2, -0.15) is 0 Å². The van der Waals surface area contributed by atoms with Crippen molar-refractivity contribution >= 4 is 46.4 Å². The molecule has 228 valence electrons. The van der Waals surface area contributed by atoms with Crippen LogP contribution < -0.4 is 36.4 Å². The molecule has 0 bridgehead atoms. The smallest absolute Gasteiger partial charge is 0.255 e. The van der Waals surface area contributed by atoms with E-state index in [1.807, 2.05) is 16.7 Å². The number of rotatable bonds is 10. The summed E-state index contributed by atoms with van der Waals surface area (Å²) in [5.41, 5.74) is 8.50. The van der Waals surface area contributed by atoms with Gasteiger partial charge in [-0.15, -0.1) is 0 Å². The average Bonchev–Trinajstić information content (AvgIpc) is 2.98. The number of amides is 2. The number of benzene rings is 2. The molecule has 2 fully saturated rings. The van der Waals surface area contributed by atoms with Crippen LogP contribution in [0.2, 0.25) is 5.02 Å². The minimum absolute atomic E-state index is 0.107. The Morgan fingerprint density at radius 1 is 1.14 bits per heavy atom. The summed E-state index contributed by atoms with van der Waals surface area (Å²) in [7, 11) is 3.02. The molecule has 2 heterocycles. The summed E-state index contributed by atoms with van der Waals surface area (Å²) in [6, 6.07) is 5.82. The molecule has 0 radical (unpaired) electrons. The Morgan fingerprint density at radius 3 is 2.52 bits per heavy atom. The van der Waals surface area contributed by atoms with Crippen molar-refractivity contribution in [2.45, 2.75) is 31.9 Å². The number of ether oxygens (including phenoxy) is 2. The molecule has 2 aromatic carbocycles. The van der Waals surface area contributed by atoms with Crippen molar-refractivity contribution in [2.24, 2.45) is 0 Å². The number of methoxy groups -OCH3 is 2. The van der Waals surface area contributed by atoms with E-state index in [4.69, 9.17) is 26.8 Å². The Bertz CT molecular complexity index is 1320. The molecular weight excluding hydrogens is 564 g/mol. The molecule has 2 amide bonds. The first-order valence-electron chi connectivity index (χ1n) is 14.0. The highest BCUT2D eigenvalue weighted by molar-refractivity contribution is 6.33. The molecule has 13 heteroatoms. The number of aromatic carboxylic acids is 1. The van der Waals surface area contributed by atoms with Crippen LogP contribution in [-0.2, 0) is 16.0 Å². The fourth-order valence-electron chi connectivity index (χ4n) is 5.61. The van der Waals surface area contributed by atoms with Crippen molar-refractivity contribution in [1.29, 1.82) is 0 Å². The molecule has 0 aromatic heterocycles. The van der Waals surface area contributed by atoms with Crippen LogP contribution in [0.3, 0.4) is 0 Å². The van der Waals surface area contributed by atoms with Gasteiger partial charge in [-0.3, -0.25) is 14.5 Å². The zero-order valence-electron chi connectivity index (χ0n) is 24.1. The fraction of sp³-hybridized carbons (Fsp3) is 0.483. The lowest BCUT2D eigenvalue weighted by atomic mass is 10.00. The number of nitrogens with one attached hydrogen (secondary N) is 3. The summed E-state index contributed by atoms with van der Waals surface area (Å²) in [5, 5.41) is 21.4. The van der Waals surface area contributed by atoms with Crippen molar-refractivity contribution in [3.05, 3.63) is 46.0 Å². The molecule has 12 nitrogen and oxygen atoms in total. The maximum atomic E-state index is 13.2. The summed E-state index contributed by atoms with van der Waals surface area (Å²) < 4.78 is 11.0. The molecule has 42 heavy (non-hydrogen) atoms. The molecule has 2 aromatic rings. The SMILES string of the molecule is CCc1c(NC(=O)CN2CC[C@@H](NC(=O)c3cc(Cl)c(N)cc3OC)[C@@H](OC)C2)ccc(C(=O)[O-])c1N1CCNCC1. The van der Waals surface area contributed by atoms with Gasteiger partial charge in [-0.05, 0) is 36.6 Å². The topological polar surface area (TPSA) is 161 Å². The Kier molecular flexibility index (Phi) is 10.5. The van der Waals surface area contributed by atoms with Gasteiger partial charge in [0.25, 0.3) is 5.91 Å². The Hall–Kier alpha value is -3.58. The van der Waals surface area contributed by atoms with E-state index in [1.54, 1.807) is 13.2 Å². The third kappa shape index (κ3) is 7.06. The normalized spacial score (nSPS) is 19.3. The lowest BCUT2D eigenvalue weighted by Gasteiger charge is -2.38. The van der Waals surface area contributed by atoms with Crippen LogP contribution in [0.5, 0.6) is 5.75 Å². The summed E-state index contributed by atoms with van der Waals surface area (Å²) in [6.45, 7) is 5.82. The zero-order valence-corrected chi connectivity index (χ0v) is 24.9. The van der Waals surface area contributed by atoms with Gasteiger partial charge >= 0.3 is 0 Å². The van der Waals surface area contributed by atoms with Gasteiger partial charge < -0.3 is 46.0 Å². The van der Waals surface area contributed by atoms with Gasteiger partial charge in [0.1, 0.15) is 5.75 Å². The number of piperazine rings is 1. The average molecular weight is 602 g/mol. The van der Waals surface area contributed by atoms with Gasteiger partial charge in [0.2, 0.25) is 5.91 Å². The molecule has 2 saturated heterocycles. The third-order valence-corrected chi connectivity index (χ3v) is 8.08. The minimum Gasteiger partial charge on any atom is -0.545 e. The number of nitrogen functional groups attached to an aromatic ring is 1. The first kappa shape index (κ1) is 31.4. The Morgan fingerprint density at radius 2 is 1.88 bits per heavy atom. The van der Waals surface area contributed by atoms with Crippen LogP contribution in [0.15, 0.2) is 24.3 Å². The zero-order chi connectivity index (χ0) is 30.4. The maximum Gasteiger partial charge on any atom is 0.255 e. The first-order valence-corrected chi connectivity index (χ1v) is 14.4. The number of nitrogens with two attached hydrogens (primary N) is 1. The summed E-state index contributed by atoms with van der Waals surface area (Å²) >= 11 is 6.14. The highest BCUT2D eigenvalue weighted by Gasteiger charge is 2.32. The van der Waals surface area contributed by atoms with Crippen molar-refractivity contribution in [2.75, 3.05) is 76.0 Å². The molecule has 0 unspecified atom stereocenters. The number of carbonyl (C=O) groups is 3. The number of likely N-dealkylation sites (tertiary alicyclic amines) is 1. The summed E-state index contributed by atoms with van der Waals surface area (Å²) in [4.78, 5) is 42.2. The van der Waals surface area contributed by atoms with E-state index in [2.05, 4.69) is 16.0 Å². The molecule has 2 aliphatic rings. The van der Waals surface area contributed by atoms with Gasteiger partial charge in [0.15, 0.2) is 0 Å². The Balaban J connectivity index is 1.42. The van der Waals surface area contributed by atoms with E-state index in [-0.39, 0.29) is 46.7 Å². The van der Waals surface area contributed by atoms with Gasteiger partial charge in [0.05, 0.1) is 53.7 Å². The van der Waals surface area contributed by atoms with Crippen LogP contribution >= 0.6 is 11.6 Å². The molecule has 0 spiro atoms. The number of anilines is 3. The molecule has 5 N–H and O–H groups in total. The van der Waals surface area contributed by atoms with Gasteiger partial charge in [-0.1, -0.05) is 18.5 Å².